The van der Waals surface area contributed by atoms with Gasteiger partial charge < -0.3 is 19.1 Å². The third-order valence-electron chi connectivity index (χ3n) is 5.21. The maximum atomic E-state index is 13.6. The third kappa shape index (κ3) is 3.32. The van der Waals surface area contributed by atoms with Crippen LogP contribution in [0.15, 0.2) is 36.7 Å². The van der Waals surface area contributed by atoms with Crippen LogP contribution in [0.25, 0.3) is 0 Å². The molecule has 2 aliphatic rings. The van der Waals surface area contributed by atoms with Gasteiger partial charge in [0, 0.05) is 31.7 Å². The second-order valence-electron chi connectivity index (χ2n) is 7.12. The molecule has 27 heavy (non-hydrogen) atoms. The van der Waals surface area contributed by atoms with Gasteiger partial charge in [-0.25, -0.2) is 9.37 Å². The van der Waals surface area contributed by atoms with Crippen LogP contribution in [-0.2, 0) is 16.6 Å². The number of aromatic nitrogens is 2. The van der Waals surface area contributed by atoms with Crippen LogP contribution < -0.4 is 4.90 Å². The van der Waals surface area contributed by atoms with Gasteiger partial charge in [-0.2, -0.15) is 0 Å². The fourth-order valence-electron chi connectivity index (χ4n) is 3.83. The number of carbonyl (C=O) groups excluding carboxylic acids is 2. The van der Waals surface area contributed by atoms with Crippen molar-refractivity contribution < 1.29 is 18.7 Å². The normalized spacial score (nSPS) is 23.1. The number of hydrogen-bond donors (Lipinski definition) is 0. The van der Waals surface area contributed by atoms with E-state index in [9.17, 15) is 14.0 Å². The van der Waals surface area contributed by atoms with Crippen LogP contribution >= 0.6 is 0 Å². The Hall–Kier alpha value is -2.74. The monoisotopic (exact) mass is 372 g/mol. The number of ether oxygens (including phenoxy) is 1. The first-order valence-electron chi connectivity index (χ1n) is 8.94. The third-order valence-corrected chi connectivity index (χ3v) is 5.21. The van der Waals surface area contributed by atoms with E-state index in [1.54, 1.807) is 45.9 Å². The first-order chi connectivity index (χ1) is 13.0. The van der Waals surface area contributed by atoms with Gasteiger partial charge in [-0.1, -0.05) is 6.07 Å². The summed E-state index contributed by atoms with van der Waals surface area (Å²) in [7, 11) is 1.78. The molecule has 0 saturated carbocycles. The number of imidazole rings is 1. The van der Waals surface area contributed by atoms with E-state index in [4.69, 9.17) is 4.74 Å². The summed E-state index contributed by atoms with van der Waals surface area (Å²) in [4.78, 5) is 32.6. The lowest BCUT2D eigenvalue weighted by Crippen LogP contribution is -2.62. The Kier molecular flexibility index (Phi) is 4.43. The molecule has 1 spiro atoms. The number of hydrogen-bond acceptors (Lipinski definition) is 4. The number of anilines is 1. The highest BCUT2D eigenvalue weighted by Gasteiger charge is 2.45. The van der Waals surface area contributed by atoms with Gasteiger partial charge in [-0.3, -0.25) is 9.59 Å². The molecule has 0 aliphatic carbocycles. The summed E-state index contributed by atoms with van der Waals surface area (Å²) < 4.78 is 21.2. The van der Waals surface area contributed by atoms with Crippen molar-refractivity contribution >= 4 is 17.5 Å². The fraction of sp³-hybridized carbons (Fsp3) is 0.421. The van der Waals surface area contributed by atoms with Crippen molar-refractivity contribution in [3.05, 3.63) is 48.3 Å². The van der Waals surface area contributed by atoms with Crippen molar-refractivity contribution in [1.82, 2.24) is 14.5 Å². The lowest BCUT2D eigenvalue weighted by molar-refractivity contribution is -0.144. The molecule has 2 saturated heterocycles. The van der Waals surface area contributed by atoms with E-state index >= 15 is 0 Å². The topological polar surface area (TPSA) is 67.7 Å². The van der Waals surface area contributed by atoms with Gasteiger partial charge in [0.15, 0.2) is 5.82 Å². The van der Waals surface area contributed by atoms with Crippen molar-refractivity contribution in [2.45, 2.75) is 18.4 Å². The van der Waals surface area contributed by atoms with Crippen molar-refractivity contribution in [1.29, 1.82) is 0 Å². The van der Waals surface area contributed by atoms with Gasteiger partial charge in [0.1, 0.15) is 18.0 Å². The predicted molar refractivity (Wildman–Crippen MR) is 95.8 cm³/mol. The molecular weight excluding hydrogens is 351 g/mol. The summed E-state index contributed by atoms with van der Waals surface area (Å²) in [5.41, 5.74) is -0.144. The molecule has 142 valence electrons. The van der Waals surface area contributed by atoms with E-state index in [1.165, 1.54) is 12.1 Å². The van der Waals surface area contributed by atoms with Crippen LogP contribution in [0.4, 0.5) is 10.1 Å². The van der Waals surface area contributed by atoms with Crippen LogP contribution in [0.2, 0.25) is 0 Å². The van der Waals surface area contributed by atoms with Crippen molar-refractivity contribution in [3.63, 3.8) is 0 Å². The molecule has 1 atom stereocenters. The molecule has 2 aliphatic heterocycles. The molecule has 8 heteroatoms. The standard InChI is InChI=1S/C19H21FN4O3/c1-22-9-7-21-17(22)18(26)23-8-3-6-19(12-23)13-24(16(25)11-27-19)15-5-2-4-14(20)10-15/h2,4-5,7,9-10H,3,6,8,11-13H2,1H3. The molecule has 1 aromatic carbocycles. The molecule has 1 aromatic heterocycles. The maximum Gasteiger partial charge on any atom is 0.289 e. The fourth-order valence-corrected chi connectivity index (χ4v) is 3.83. The Morgan fingerprint density at radius 1 is 1.33 bits per heavy atom. The second-order valence-corrected chi connectivity index (χ2v) is 7.12. The highest BCUT2D eigenvalue weighted by atomic mass is 19.1. The predicted octanol–water partition coefficient (Wildman–Crippen LogP) is 1.60. The number of piperidine rings is 1. The average Bonchev–Trinajstić information content (AvgIpc) is 3.09. The van der Waals surface area contributed by atoms with E-state index in [2.05, 4.69) is 4.98 Å². The summed E-state index contributed by atoms with van der Waals surface area (Å²) in [6.07, 6.45) is 4.82. The van der Waals surface area contributed by atoms with Crippen LogP contribution in [0, 0.1) is 5.82 Å². The molecule has 7 nitrogen and oxygen atoms in total. The minimum absolute atomic E-state index is 0.0824. The van der Waals surface area contributed by atoms with Gasteiger partial charge in [-0.05, 0) is 31.0 Å². The maximum absolute atomic E-state index is 13.6. The summed E-state index contributed by atoms with van der Waals surface area (Å²) in [6, 6.07) is 5.98. The van der Waals surface area contributed by atoms with Crippen molar-refractivity contribution in [3.8, 4) is 0 Å². The van der Waals surface area contributed by atoms with Gasteiger partial charge in [-0.15, -0.1) is 0 Å². The lowest BCUT2D eigenvalue weighted by Gasteiger charge is -2.47. The van der Waals surface area contributed by atoms with Crippen LogP contribution in [0.3, 0.4) is 0 Å². The number of halogens is 1. The highest BCUT2D eigenvalue weighted by Crippen LogP contribution is 2.32. The molecule has 0 N–H and O–H groups in total. The molecule has 2 fully saturated rings. The quantitative estimate of drug-likeness (QED) is 0.803. The van der Waals surface area contributed by atoms with Crippen LogP contribution in [-0.4, -0.2) is 58.1 Å². The van der Waals surface area contributed by atoms with Gasteiger partial charge in [0.05, 0.1) is 13.1 Å². The Morgan fingerprint density at radius 3 is 2.93 bits per heavy atom. The van der Waals surface area contributed by atoms with E-state index in [-0.39, 0.29) is 18.4 Å². The van der Waals surface area contributed by atoms with E-state index in [0.717, 1.165) is 12.8 Å². The minimum atomic E-state index is -0.653. The number of likely N-dealkylation sites (tertiary alicyclic amines) is 1. The number of aryl methyl sites for hydroxylation is 1. The second kappa shape index (κ2) is 6.77. The number of benzene rings is 1. The Bertz CT molecular complexity index is 883. The van der Waals surface area contributed by atoms with Gasteiger partial charge in [0.25, 0.3) is 11.8 Å². The summed E-state index contributed by atoms with van der Waals surface area (Å²) >= 11 is 0. The van der Waals surface area contributed by atoms with E-state index in [1.807, 2.05) is 0 Å². The van der Waals surface area contributed by atoms with Crippen LogP contribution in [0.5, 0.6) is 0 Å². The molecule has 4 rings (SSSR count). The highest BCUT2D eigenvalue weighted by molar-refractivity contribution is 5.95. The van der Waals surface area contributed by atoms with Gasteiger partial charge >= 0.3 is 0 Å². The first kappa shape index (κ1) is 17.7. The van der Waals surface area contributed by atoms with Crippen molar-refractivity contribution in [2.24, 2.45) is 7.05 Å². The zero-order valence-electron chi connectivity index (χ0n) is 15.1. The molecule has 2 aromatic rings. The van der Waals surface area contributed by atoms with E-state index in [0.29, 0.717) is 31.1 Å². The minimum Gasteiger partial charge on any atom is -0.361 e. The number of morpholine rings is 1. The summed E-state index contributed by atoms with van der Waals surface area (Å²) in [5.74, 6) is -0.379. The molecular formula is C19H21FN4O3. The SMILES string of the molecule is Cn1ccnc1C(=O)N1CCCC2(C1)CN(c1cccc(F)c1)C(=O)CO2. The van der Waals surface area contributed by atoms with Crippen LogP contribution in [0.1, 0.15) is 23.5 Å². The Morgan fingerprint density at radius 2 is 2.19 bits per heavy atom. The molecule has 1 unspecified atom stereocenters. The smallest absolute Gasteiger partial charge is 0.289 e. The number of carbonyl (C=O) groups is 2. The molecule has 3 heterocycles. The van der Waals surface area contributed by atoms with Crippen molar-refractivity contribution in [2.75, 3.05) is 31.1 Å². The summed E-state index contributed by atoms with van der Waals surface area (Å²) in [6.45, 7) is 1.20. The summed E-state index contributed by atoms with van der Waals surface area (Å²) in [5, 5.41) is 0. The number of nitrogens with zero attached hydrogens (tertiary/aromatic N) is 4. The number of rotatable bonds is 2. The number of amides is 2. The Labute approximate surface area is 156 Å². The molecule has 0 bridgehead atoms. The lowest BCUT2D eigenvalue weighted by atomic mass is 9.90. The zero-order valence-corrected chi connectivity index (χ0v) is 15.1. The average molecular weight is 372 g/mol. The zero-order chi connectivity index (χ0) is 19.0. The largest absolute Gasteiger partial charge is 0.361 e. The Balaban J connectivity index is 1.56. The first-order valence-corrected chi connectivity index (χ1v) is 8.94. The van der Waals surface area contributed by atoms with E-state index < -0.39 is 11.4 Å². The molecule has 0 radical (unpaired) electrons. The molecule has 2 amide bonds. The van der Waals surface area contributed by atoms with Gasteiger partial charge in [0.2, 0.25) is 0 Å².